The lowest BCUT2D eigenvalue weighted by Gasteiger charge is -2.10. The van der Waals surface area contributed by atoms with Crippen molar-refractivity contribution in [2.45, 2.75) is 26.6 Å². The van der Waals surface area contributed by atoms with Crippen LogP contribution in [0.25, 0.3) is 28.2 Å². The summed E-state index contributed by atoms with van der Waals surface area (Å²) < 4.78 is 41.7. The van der Waals surface area contributed by atoms with Crippen LogP contribution in [0.1, 0.15) is 22.8 Å². The van der Waals surface area contributed by atoms with Gasteiger partial charge in [-0.15, -0.1) is 0 Å². The van der Waals surface area contributed by atoms with Crippen molar-refractivity contribution in [3.05, 3.63) is 57.4 Å². The fourth-order valence-electron chi connectivity index (χ4n) is 3.53. The molecule has 0 saturated carbocycles. The molecule has 30 heavy (non-hydrogen) atoms. The molecular formula is C19H17F3N6O2. The van der Waals surface area contributed by atoms with Crippen molar-refractivity contribution in [3.63, 3.8) is 0 Å². The number of aromatic nitrogens is 6. The molecule has 1 aromatic carbocycles. The van der Waals surface area contributed by atoms with E-state index in [2.05, 4.69) is 20.2 Å². The normalized spacial score (nSPS) is 12.1. The molecule has 0 saturated heterocycles. The van der Waals surface area contributed by atoms with E-state index >= 15 is 0 Å². The number of halogens is 3. The third kappa shape index (κ3) is 3.07. The zero-order valence-corrected chi connectivity index (χ0v) is 16.2. The Hall–Kier alpha value is -3.47. The van der Waals surface area contributed by atoms with Crippen molar-refractivity contribution in [2.75, 3.05) is 0 Å². The Bertz CT molecular complexity index is 1320. The average Bonchev–Trinajstić information content (AvgIpc) is 3.17. The third-order valence-corrected chi connectivity index (χ3v) is 4.77. The molecule has 11 heteroatoms. The Labute approximate surface area is 167 Å². The Kier molecular flexibility index (Phi) is 4.49. The van der Waals surface area contributed by atoms with Crippen molar-refractivity contribution >= 4 is 5.52 Å². The van der Waals surface area contributed by atoms with Gasteiger partial charge in [0.2, 0.25) is 0 Å². The van der Waals surface area contributed by atoms with Crippen molar-refractivity contribution in [1.29, 1.82) is 0 Å². The van der Waals surface area contributed by atoms with Gasteiger partial charge in [-0.25, -0.2) is 9.50 Å². The maximum Gasteiger partial charge on any atom is 0.416 e. The van der Waals surface area contributed by atoms with E-state index in [4.69, 9.17) is 0 Å². The van der Waals surface area contributed by atoms with Crippen LogP contribution in [0, 0.1) is 13.8 Å². The van der Waals surface area contributed by atoms with E-state index in [9.17, 15) is 23.1 Å². The highest BCUT2D eigenvalue weighted by molar-refractivity contribution is 5.81. The van der Waals surface area contributed by atoms with Gasteiger partial charge in [-0.05, 0) is 26.0 Å². The quantitative estimate of drug-likeness (QED) is 0.533. The third-order valence-electron chi connectivity index (χ3n) is 4.77. The van der Waals surface area contributed by atoms with Gasteiger partial charge < -0.3 is 10.1 Å². The summed E-state index contributed by atoms with van der Waals surface area (Å²) in [5.74, 6) is 0.608. The number of aliphatic hydroxyl groups excluding tert-OH is 1. The zero-order chi connectivity index (χ0) is 21.8. The molecular weight excluding hydrogens is 401 g/mol. The summed E-state index contributed by atoms with van der Waals surface area (Å²) >= 11 is 0. The number of hydrogen-bond donors (Lipinski definition) is 2. The monoisotopic (exact) mass is 418 g/mol. The highest BCUT2D eigenvalue weighted by Crippen LogP contribution is 2.36. The van der Waals surface area contributed by atoms with E-state index in [0.29, 0.717) is 28.3 Å². The molecule has 0 radical (unpaired) electrons. The van der Waals surface area contributed by atoms with Gasteiger partial charge in [-0.1, -0.05) is 12.1 Å². The van der Waals surface area contributed by atoms with Gasteiger partial charge in [0.15, 0.2) is 11.3 Å². The van der Waals surface area contributed by atoms with Crippen LogP contribution in [0.3, 0.4) is 0 Å². The summed E-state index contributed by atoms with van der Waals surface area (Å²) in [4.78, 5) is 19.4. The summed E-state index contributed by atoms with van der Waals surface area (Å²) in [6.45, 7) is 2.85. The summed E-state index contributed by atoms with van der Waals surface area (Å²) in [5.41, 5.74) is 1.07. The second kappa shape index (κ2) is 6.80. The number of benzene rings is 1. The number of aromatic amines is 1. The highest BCUT2D eigenvalue weighted by atomic mass is 19.4. The molecule has 4 rings (SSSR count). The van der Waals surface area contributed by atoms with Crippen molar-refractivity contribution in [3.8, 4) is 22.6 Å². The standard InChI is InChI=1S/C19H17F3N6O2/c1-9-14(17-24-13(8-29)16-18(30)23-10(2)26-28(16)17)15(27(3)25-9)11-4-6-12(7-5-11)19(20,21)22/h4-7,29H,8H2,1-3H3,(H,23,26,30). The van der Waals surface area contributed by atoms with Gasteiger partial charge in [0.1, 0.15) is 5.82 Å². The van der Waals surface area contributed by atoms with Gasteiger partial charge >= 0.3 is 6.18 Å². The van der Waals surface area contributed by atoms with Crippen molar-refractivity contribution in [2.24, 2.45) is 7.05 Å². The molecule has 3 heterocycles. The number of alkyl halides is 3. The molecule has 0 amide bonds. The molecule has 3 aromatic heterocycles. The number of imidazole rings is 1. The van der Waals surface area contributed by atoms with Crippen molar-refractivity contribution < 1.29 is 18.3 Å². The number of nitrogens with zero attached hydrogens (tertiary/aromatic N) is 5. The van der Waals surface area contributed by atoms with E-state index in [1.807, 2.05) is 0 Å². The Morgan fingerprint density at radius 1 is 1.13 bits per heavy atom. The Morgan fingerprint density at radius 3 is 2.40 bits per heavy atom. The first kappa shape index (κ1) is 19.8. The zero-order valence-electron chi connectivity index (χ0n) is 16.2. The van der Waals surface area contributed by atoms with Crippen LogP contribution in [0.2, 0.25) is 0 Å². The minimum atomic E-state index is -4.44. The second-order valence-electron chi connectivity index (χ2n) is 6.85. The smallest absolute Gasteiger partial charge is 0.390 e. The van der Waals surface area contributed by atoms with Crippen LogP contribution >= 0.6 is 0 Å². The molecule has 8 nitrogen and oxygen atoms in total. The molecule has 2 N–H and O–H groups in total. The summed E-state index contributed by atoms with van der Waals surface area (Å²) in [5, 5.41) is 18.4. The lowest BCUT2D eigenvalue weighted by molar-refractivity contribution is -0.137. The van der Waals surface area contributed by atoms with E-state index < -0.39 is 23.9 Å². The topological polar surface area (TPSA) is 101 Å². The molecule has 0 unspecified atom stereocenters. The average molecular weight is 418 g/mol. The number of hydrogen-bond acceptors (Lipinski definition) is 5. The maximum atomic E-state index is 12.9. The molecule has 0 aliphatic rings. The molecule has 0 aliphatic carbocycles. The Morgan fingerprint density at radius 2 is 1.80 bits per heavy atom. The highest BCUT2D eigenvalue weighted by Gasteiger charge is 2.31. The molecule has 156 valence electrons. The van der Waals surface area contributed by atoms with Gasteiger partial charge in [-0.3, -0.25) is 9.48 Å². The molecule has 0 spiro atoms. The second-order valence-corrected chi connectivity index (χ2v) is 6.85. The van der Waals surface area contributed by atoms with Crippen LogP contribution in [0.15, 0.2) is 29.1 Å². The first-order chi connectivity index (χ1) is 14.1. The lowest BCUT2D eigenvalue weighted by atomic mass is 10.0. The van der Waals surface area contributed by atoms with Gasteiger partial charge in [-0.2, -0.15) is 23.4 Å². The number of fused-ring (bicyclic) bond motifs is 1. The molecule has 0 fully saturated rings. The van der Waals surface area contributed by atoms with Crippen LogP contribution < -0.4 is 5.56 Å². The summed E-state index contributed by atoms with van der Waals surface area (Å²) in [6.07, 6.45) is -4.44. The first-order valence-corrected chi connectivity index (χ1v) is 8.92. The number of aryl methyl sites for hydroxylation is 3. The number of nitrogens with one attached hydrogen (secondary N) is 1. The van der Waals surface area contributed by atoms with Gasteiger partial charge in [0.05, 0.1) is 34.8 Å². The van der Waals surface area contributed by atoms with Gasteiger partial charge in [0.25, 0.3) is 5.56 Å². The van der Waals surface area contributed by atoms with E-state index in [0.717, 1.165) is 12.1 Å². The Balaban J connectivity index is 2.00. The molecule has 0 atom stereocenters. The predicted octanol–water partition coefficient (Wildman–Crippen LogP) is 2.61. The molecule has 0 aliphatic heterocycles. The van der Waals surface area contributed by atoms with Crippen LogP contribution in [0.5, 0.6) is 0 Å². The lowest BCUT2D eigenvalue weighted by Crippen LogP contribution is -2.15. The molecule has 0 bridgehead atoms. The first-order valence-electron chi connectivity index (χ1n) is 8.92. The van der Waals surface area contributed by atoms with Crippen LogP contribution in [0.4, 0.5) is 13.2 Å². The fraction of sp³-hybridized carbons (Fsp3) is 0.263. The number of aliphatic hydroxyl groups is 1. The van der Waals surface area contributed by atoms with E-state index in [1.165, 1.54) is 21.3 Å². The SMILES string of the molecule is Cc1nn2c(-c3c(C)nn(C)c3-c3ccc(C(F)(F)F)cc3)nc(CO)c2c(=O)[nH]1. The van der Waals surface area contributed by atoms with Crippen LogP contribution in [-0.2, 0) is 19.8 Å². The minimum absolute atomic E-state index is 0.0970. The fourth-order valence-corrected chi connectivity index (χ4v) is 3.53. The number of H-pyrrole nitrogens is 1. The summed E-state index contributed by atoms with van der Waals surface area (Å²) in [6, 6.07) is 4.71. The van der Waals surface area contributed by atoms with E-state index in [1.54, 1.807) is 20.9 Å². The minimum Gasteiger partial charge on any atom is -0.390 e. The largest absolute Gasteiger partial charge is 0.416 e. The predicted molar refractivity (Wildman–Crippen MR) is 102 cm³/mol. The summed E-state index contributed by atoms with van der Waals surface area (Å²) in [7, 11) is 1.66. The van der Waals surface area contributed by atoms with Crippen LogP contribution in [-0.4, -0.2) is 34.5 Å². The van der Waals surface area contributed by atoms with Gasteiger partial charge in [0, 0.05) is 12.6 Å². The van der Waals surface area contributed by atoms with Crippen molar-refractivity contribution in [1.82, 2.24) is 29.4 Å². The number of rotatable bonds is 3. The van der Waals surface area contributed by atoms with E-state index in [-0.39, 0.29) is 17.0 Å². The maximum absolute atomic E-state index is 12.9. The molecule has 4 aromatic rings.